The van der Waals surface area contributed by atoms with Crippen LogP contribution >= 0.6 is 0 Å². The predicted molar refractivity (Wildman–Crippen MR) is 58.0 cm³/mol. The molecule has 86 valence electrons. The van der Waals surface area contributed by atoms with Crippen molar-refractivity contribution in [3.8, 4) is 0 Å². The summed E-state index contributed by atoms with van der Waals surface area (Å²) in [5.41, 5.74) is 2.05. The number of amides is 1. The Balaban J connectivity index is 1.91. The zero-order chi connectivity index (χ0) is 11.7. The van der Waals surface area contributed by atoms with Crippen LogP contribution in [0.5, 0.6) is 0 Å². The van der Waals surface area contributed by atoms with E-state index in [1.54, 1.807) is 0 Å². The molecule has 2 aliphatic rings. The second-order valence-electron chi connectivity index (χ2n) is 3.67. The van der Waals surface area contributed by atoms with E-state index in [-0.39, 0.29) is 6.51 Å². The van der Waals surface area contributed by atoms with Crippen molar-refractivity contribution in [2.45, 2.75) is 0 Å². The van der Waals surface area contributed by atoms with Crippen LogP contribution in [-0.4, -0.2) is 64.6 Å². The third-order valence-corrected chi connectivity index (χ3v) is 3.38. The van der Waals surface area contributed by atoms with Gasteiger partial charge in [-0.25, -0.2) is 9.00 Å². The molecule has 2 heterocycles. The molecule has 6 nitrogen and oxygen atoms in total. The van der Waals surface area contributed by atoms with E-state index >= 15 is 0 Å². The molecule has 0 aliphatic carbocycles. The summed E-state index contributed by atoms with van der Waals surface area (Å²) in [5.74, 6) is 0. The van der Waals surface area contributed by atoms with Crippen LogP contribution in [0.4, 0.5) is 4.79 Å². The fourth-order valence-corrected chi connectivity index (χ4v) is 2.48. The van der Waals surface area contributed by atoms with Crippen LogP contribution < -0.4 is 0 Å². The van der Waals surface area contributed by atoms with Crippen molar-refractivity contribution in [3.63, 3.8) is 0 Å². The highest BCUT2D eigenvalue weighted by atomic mass is 32.2. The van der Waals surface area contributed by atoms with Crippen molar-refractivity contribution in [2.75, 3.05) is 32.7 Å². The van der Waals surface area contributed by atoms with Crippen LogP contribution in [0.25, 0.3) is 0 Å². The van der Waals surface area contributed by atoms with Gasteiger partial charge in [0.1, 0.15) is 7.85 Å². The van der Waals surface area contributed by atoms with E-state index in [9.17, 15) is 9.00 Å². The van der Waals surface area contributed by atoms with Gasteiger partial charge in [-0.15, -0.1) is 0 Å². The maximum absolute atomic E-state index is 11.4. The van der Waals surface area contributed by atoms with E-state index in [1.165, 1.54) is 9.21 Å². The predicted octanol–water partition coefficient (Wildman–Crippen LogP) is -0.686. The third kappa shape index (κ3) is 2.13. The summed E-state index contributed by atoms with van der Waals surface area (Å²) in [6.07, 6.45) is -0.437. The Morgan fingerprint density at radius 2 is 1.94 bits per heavy atom. The summed E-state index contributed by atoms with van der Waals surface area (Å²) in [7, 11) is 5.11. The summed E-state index contributed by atoms with van der Waals surface area (Å²) in [5, 5.41) is 0. The van der Waals surface area contributed by atoms with Gasteiger partial charge in [-0.1, -0.05) is 0 Å². The maximum atomic E-state index is 11.4. The summed E-state index contributed by atoms with van der Waals surface area (Å²) in [6.45, 7) is 1.66. The van der Waals surface area contributed by atoms with Gasteiger partial charge in [0.25, 0.3) is 0 Å². The van der Waals surface area contributed by atoms with Crippen LogP contribution in [0.15, 0.2) is 11.1 Å². The molecule has 2 radical (unpaired) electrons. The van der Waals surface area contributed by atoms with E-state index in [4.69, 9.17) is 12.4 Å². The molecule has 0 aromatic carbocycles. The van der Waals surface area contributed by atoms with Crippen molar-refractivity contribution in [3.05, 3.63) is 11.1 Å². The quantitative estimate of drug-likeness (QED) is 0.395. The topological polar surface area (TPSA) is 70.1 Å². The van der Waals surface area contributed by atoms with Gasteiger partial charge in [0, 0.05) is 26.2 Å². The molecule has 0 bridgehead atoms. The van der Waals surface area contributed by atoms with Gasteiger partial charge in [0.2, 0.25) is 11.3 Å². The molecular weight excluding hydrogens is 231 g/mol. The Bertz CT molecular complexity index is 355. The van der Waals surface area contributed by atoms with Crippen molar-refractivity contribution >= 4 is 25.2 Å². The van der Waals surface area contributed by atoms with Crippen LogP contribution in [0.1, 0.15) is 0 Å². The van der Waals surface area contributed by atoms with Crippen LogP contribution in [0.2, 0.25) is 0 Å². The Kier molecular flexibility index (Phi) is 3.31. The Labute approximate surface area is 97.1 Å². The molecular formula is C8H11BN2O4S. The fraction of sp³-hybridized carbons (Fsp3) is 0.625. The first-order valence-electron chi connectivity index (χ1n) is 4.79. The fourth-order valence-electron chi connectivity index (χ4n) is 1.95. The minimum atomic E-state index is -1.94. The van der Waals surface area contributed by atoms with Gasteiger partial charge in [0.15, 0.2) is 0 Å². The Hall–Kier alpha value is -0.855. The molecule has 16 heavy (non-hydrogen) atoms. The van der Waals surface area contributed by atoms with Crippen molar-refractivity contribution in [1.82, 2.24) is 9.21 Å². The average molecular weight is 242 g/mol. The summed E-state index contributed by atoms with van der Waals surface area (Å²) >= 11 is -1.94. The van der Waals surface area contributed by atoms with Crippen molar-refractivity contribution < 1.29 is 18.3 Å². The molecule has 2 rings (SSSR count). The number of rotatable bonds is 2. The Morgan fingerprint density at radius 1 is 1.38 bits per heavy atom. The smallest absolute Gasteiger partial charge is 0.409 e. The number of carbonyl (C=O) groups is 1. The lowest BCUT2D eigenvalue weighted by Crippen LogP contribution is -2.35. The van der Waals surface area contributed by atoms with Gasteiger partial charge in [0.05, 0.1) is 6.51 Å². The van der Waals surface area contributed by atoms with Gasteiger partial charge >= 0.3 is 6.09 Å². The molecule has 1 atom stereocenters. The lowest BCUT2D eigenvalue weighted by molar-refractivity contribution is 0.126. The molecule has 0 spiro atoms. The minimum Gasteiger partial charge on any atom is -0.460 e. The normalized spacial score (nSPS) is 22.4. The van der Waals surface area contributed by atoms with E-state index in [0.29, 0.717) is 26.2 Å². The second-order valence-corrected chi connectivity index (χ2v) is 4.65. The monoisotopic (exact) mass is 242 g/mol. The van der Waals surface area contributed by atoms with Gasteiger partial charge < -0.3 is 9.64 Å². The van der Waals surface area contributed by atoms with Crippen LogP contribution in [-0.2, 0) is 16.0 Å². The Morgan fingerprint density at radius 3 is 2.38 bits per heavy atom. The zero-order valence-corrected chi connectivity index (χ0v) is 9.40. The first kappa shape index (κ1) is 11.6. The maximum Gasteiger partial charge on any atom is 0.409 e. The first-order chi connectivity index (χ1) is 7.61. The number of carbonyl (C=O) groups excluding carboxylic acids is 1. The van der Waals surface area contributed by atoms with Gasteiger partial charge in [-0.05, 0) is 11.1 Å². The van der Waals surface area contributed by atoms with Gasteiger partial charge in [-0.2, -0.15) is 4.31 Å². The third-order valence-electron chi connectivity index (χ3n) is 2.68. The SMILES string of the molecule is [B]COC(=O)N1CC2=C(C1)CN(S(=O)O)C2. The molecule has 8 heteroatoms. The largest absolute Gasteiger partial charge is 0.460 e. The number of hydrogen-bond donors (Lipinski definition) is 1. The van der Waals surface area contributed by atoms with Crippen molar-refractivity contribution in [2.24, 2.45) is 0 Å². The molecule has 0 saturated carbocycles. The lowest BCUT2D eigenvalue weighted by atomic mass is 10.2. The summed E-state index contributed by atoms with van der Waals surface area (Å²) in [6, 6.07) is 0. The zero-order valence-electron chi connectivity index (χ0n) is 8.59. The highest BCUT2D eigenvalue weighted by Gasteiger charge is 2.34. The number of ether oxygens (including phenoxy) is 1. The van der Waals surface area contributed by atoms with E-state index in [1.807, 2.05) is 0 Å². The molecule has 1 N–H and O–H groups in total. The molecule has 0 fully saturated rings. The standard InChI is InChI=1S/C8H11BN2O4S/c9-5-15-8(12)10-1-6-3-11(16(13)14)4-7(6)2-10/h1-5H2,(H,13,14). The first-order valence-corrected chi connectivity index (χ1v) is 5.85. The highest BCUT2D eigenvalue weighted by Crippen LogP contribution is 2.26. The van der Waals surface area contributed by atoms with E-state index in [2.05, 4.69) is 4.74 Å². The molecule has 1 unspecified atom stereocenters. The number of nitrogens with zero attached hydrogens (tertiary/aromatic N) is 2. The van der Waals surface area contributed by atoms with Gasteiger partial charge in [-0.3, -0.25) is 4.55 Å². The summed E-state index contributed by atoms with van der Waals surface area (Å²) < 4.78 is 25.9. The van der Waals surface area contributed by atoms with Crippen LogP contribution in [0, 0.1) is 0 Å². The van der Waals surface area contributed by atoms with Crippen molar-refractivity contribution in [1.29, 1.82) is 0 Å². The molecule has 2 aliphatic heterocycles. The number of hydrogen-bond acceptors (Lipinski definition) is 3. The molecule has 0 aromatic rings. The van der Waals surface area contributed by atoms with Crippen LogP contribution in [0.3, 0.4) is 0 Å². The van der Waals surface area contributed by atoms with E-state index in [0.717, 1.165) is 11.1 Å². The molecule has 0 aromatic heterocycles. The van der Waals surface area contributed by atoms with E-state index < -0.39 is 17.4 Å². The second kappa shape index (κ2) is 4.56. The minimum absolute atomic E-state index is 0.132. The average Bonchev–Trinajstić information content (AvgIpc) is 2.73. The summed E-state index contributed by atoms with van der Waals surface area (Å²) in [4.78, 5) is 12.9. The highest BCUT2D eigenvalue weighted by molar-refractivity contribution is 7.76. The molecule has 1 amide bonds. The lowest BCUT2D eigenvalue weighted by Gasteiger charge is -2.19. The molecule has 0 saturated heterocycles.